The van der Waals surface area contributed by atoms with Gasteiger partial charge in [0.2, 0.25) is 0 Å². The number of halogens is 3. The molecule has 0 aliphatic rings. The maximum absolute atomic E-state index is 14.6. The van der Waals surface area contributed by atoms with Crippen molar-refractivity contribution in [2.75, 3.05) is 17.7 Å². The van der Waals surface area contributed by atoms with Gasteiger partial charge in [-0.15, -0.1) is 0 Å². The number of hydrogen-bond donors (Lipinski definition) is 3. The summed E-state index contributed by atoms with van der Waals surface area (Å²) in [6.07, 6.45) is -2.88. The number of aromatic nitrogens is 3. The van der Waals surface area contributed by atoms with Gasteiger partial charge < -0.3 is 30.6 Å². The number of nitrogens with zero attached hydrogens (tertiary/aromatic N) is 3. The van der Waals surface area contributed by atoms with Crippen LogP contribution in [-0.4, -0.2) is 45.5 Å². The summed E-state index contributed by atoms with van der Waals surface area (Å²) < 4.78 is 60.8. The average Bonchev–Trinajstić information content (AvgIpc) is 3.54. The number of benzene rings is 3. The maximum atomic E-state index is 14.6. The maximum Gasteiger partial charge on any atom is 0.491 e. The van der Waals surface area contributed by atoms with Crippen molar-refractivity contribution < 1.29 is 37.0 Å². The van der Waals surface area contributed by atoms with Crippen LogP contribution >= 0.6 is 0 Å². The summed E-state index contributed by atoms with van der Waals surface area (Å²) >= 11 is 0. The Balaban J connectivity index is 1.66. The van der Waals surface area contributed by atoms with Crippen molar-refractivity contribution in [3.8, 4) is 17.2 Å². The molecule has 3 aromatic carbocycles. The Kier molecular flexibility index (Phi) is 11.3. The predicted octanol–water partition coefficient (Wildman–Crippen LogP) is 7.00. The Hall–Kier alpha value is -5.79. The van der Waals surface area contributed by atoms with Gasteiger partial charge in [-0.05, 0) is 99.2 Å². The first-order valence-electron chi connectivity index (χ1n) is 16.9. The van der Waals surface area contributed by atoms with Gasteiger partial charge in [0, 0.05) is 35.1 Å². The van der Waals surface area contributed by atoms with Gasteiger partial charge in [0.25, 0.3) is 11.6 Å². The molecule has 1 amide bonds. The second kappa shape index (κ2) is 15.6. The van der Waals surface area contributed by atoms with E-state index in [1.807, 2.05) is 32.0 Å². The molecule has 0 saturated heterocycles. The normalized spacial score (nSPS) is 12.7. The first-order chi connectivity index (χ1) is 24.8. The molecule has 4 N–H and O–H groups in total. The summed E-state index contributed by atoms with van der Waals surface area (Å²) in [6.45, 7) is 9.29. The third-order valence-corrected chi connectivity index (χ3v) is 8.14. The lowest BCUT2D eigenvalue weighted by Crippen LogP contribution is -2.54. The molecular formula is C38H41F3N6O5. The molecule has 1 atom stereocenters. The molecule has 11 nitrogen and oxygen atoms in total. The van der Waals surface area contributed by atoms with Crippen molar-refractivity contribution >= 4 is 34.2 Å². The van der Waals surface area contributed by atoms with E-state index in [4.69, 9.17) is 25.0 Å². The second-order valence-corrected chi connectivity index (χ2v) is 12.1. The number of carbonyl (C=O) groups excluding carboxylic acids is 2. The van der Waals surface area contributed by atoms with Crippen LogP contribution in [-0.2, 0) is 39.4 Å². The minimum absolute atomic E-state index is 0.121. The Bertz CT molecular complexity index is 2070. The van der Waals surface area contributed by atoms with Crippen molar-refractivity contribution in [3.05, 3.63) is 102 Å². The number of esters is 1. The van der Waals surface area contributed by atoms with E-state index in [2.05, 4.69) is 15.6 Å². The molecule has 0 fully saturated rings. The van der Waals surface area contributed by atoms with Crippen LogP contribution in [0.3, 0.4) is 0 Å². The first kappa shape index (κ1) is 37.5. The predicted molar refractivity (Wildman–Crippen MR) is 191 cm³/mol. The van der Waals surface area contributed by atoms with Crippen LogP contribution < -0.4 is 25.8 Å². The smallest absolute Gasteiger partial charge is 0.490 e. The van der Waals surface area contributed by atoms with Crippen LogP contribution in [0.2, 0.25) is 0 Å². The molecule has 52 heavy (non-hydrogen) atoms. The highest BCUT2D eigenvalue weighted by atomic mass is 19.4. The highest BCUT2D eigenvalue weighted by Gasteiger charge is 2.52. The van der Waals surface area contributed by atoms with Crippen LogP contribution in [0.15, 0.2) is 79.0 Å². The molecule has 2 aromatic heterocycles. The number of anilines is 2. The zero-order valence-corrected chi connectivity index (χ0v) is 29.5. The lowest BCUT2D eigenvalue weighted by atomic mass is 9.99. The summed E-state index contributed by atoms with van der Waals surface area (Å²) in [5.74, 6) is -3.07. The van der Waals surface area contributed by atoms with Gasteiger partial charge >= 0.3 is 12.1 Å². The number of hydrogen-bond acceptors (Lipinski definition) is 9. The molecule has 274 valence electrons. The van der Waals surface area contributed by atoms with Gasteiger partial charge in [-0.25, -0.2) is 14.5 Å². The van der Waals surface area contributed by atoms with Gasteiger partial charge in [-0.3, -0.25) is 4.79 Å². The standard InChI is InChI=1S/C38H41F3N6O5/c1-6-27-21-29(7-2)47(46-27)31-12-10-9-11-25(31)22-44-35(48)37(52-36(49)38(39,40)41,26-13-16-32(51-23(4)5)33(20-26)50-8-3)45-28-14-15-30-24(19-28)17-18-43-34(30)42/h9-21,23,45H,6-8,22H2,1-5H3,(H2,42,43)(H,44,48). The molecule has 0 aliphatic heterocycles. The highest BCUT2D eigenvalue weighted by molar-refractivity contribution is 5.96. The number of para-hydroxylation sites is 1. The molecule has 5 aromatic rings. The molecule has 14 heteroatoms. The molecule has 0 bridgehead atoms. The molecule has 0 aliphatic carbocycles. The van der Waals surface area contributed by atoms with Crippen molar-refractivity contribution in [3.63, 3.8) is 0 Å². The number of rotatable bonds is 14. The van der Waals surface area contributed by atoms with Gasteiger partial charge in [0.05, 0.1) is 24.1 Å². The number of fused-ring (bicyclic) bond motifs is 1. The van der Waals surface area contributed by atoms with Gasteiger partial charge in [-0.2, -0.15) is 18.3 Å². The number of amides is 1. The van der Waals surface area contributed by atoms with Crippen molar-refractivity contribution in [2.24, 2.45) is 0 Å². The molecular weight excluding hydrogens is 677 g/mol. The van der Waals surface area contributed by atoms with E-state index in [9.17, 15) is 22.8 Å². The average molecular weight is 719 g/mol. The van der Waals surface area contributed by atoms with E-state index in [1.165, 1.54) is 30.5 Å². The van der Waals surface area contributed by atoms with Crippen LogP contribution in [0, 0.1) is 0 Å². The Labute approximate surface area is 299 Å². The third-order valence-electron chi connectivity index (χ3n) is 8.14. The van der Waals surface area contributed by atoms with E-state index in [1.54, 1.807) is 55.8 Å². The number of pyridine rings is 1. The number of alkyl halides is 3. The van der Waals surface area contributed by atoms with Crippen molar-refractivity contribution in [1.82, 2.24) is 20.1 Å². The van der Waals surface area contributed by atoms with Crippen molar-refractivity contribution in [1.29, 1.82) is 0 Å². The van der Waals surface area contributed by atoms with E-state index >= 15 is 0 Å². The van der Waals surface area contributed by atoms with Gasteiger partial charge in [0.15, 0.2) is 11.5 Å². The van der Waals surface area contributed by atoms with Crippen LogP contribution in [0.5, 0.6) is 11.5 Å². The minimum Gasteiger partial charge on any atom is -0.490 e. The molecule has 5 rings (SSSR count). The quantitative estimate of drug-likeness (QED) is 0.0817. The Morgan fingerprint density at radius 3 is 2.40 bits per heavy atom. The van der Waals surface area contributed by atoms with E-state index < -0.39 is 23.8 Å². The van der Waals surface area contributed by atoms with Gasteiger partial charge in [-0.1, -0.05) is 32.0 Å². The summed E-state index contributed by atoms with van der Waals surface area (Å²) in [5, 5.41) is 11.4. The van der Waals surface area contributed by atoms with Crippen LogP contribution in [0.25, 0.3) is 16.5 Å². The number of nitrogens with one attached hydrogen (secondary N) is 2. The molecule has 0 spiro atoms. The molecule has 0 radical (unpaired) electrons. The lowest BCUT2D eigenvalue weighted by Gasteiger charge is -2.35. The Morgan fingerprint density at radius 1 is 0.942 bits per heavy atom. The zero-order chi connectivity index (χ0) is 37.6. The fraction of sp³-hybridized carbons (Fsp3) is 0.316. The van der Waals surface area contributed by atoms with E-state index in [0.29, 0.717) is 34.9 Å². The highest BCUT2D eigenvalue weighted by Crippen LogP contribution is 2.38. The minimum atomic E-state index is -5.46. The van der Waals surface area contributed by atoms with Crippen LogP contribution in [0.1, 0.15) is 57.1 Å². The Morgan fingerprint density at radius 2 is 1.71 bits per heavy atom. The number of nitrogens with two attached hydrogens (primary N) is 1. The van der Waals surface area contributed by atoms with Gasteiger partial charge in [0.1, 0.15) is 5.82 Å². The first-order valence-corrected chi connectivity index (χ1v) is 16.9. The largest absolute Gasteiger partial charge is 0.491 e. The van der Waals surface area contributed by atoms with E-state index in [0.717, 1.165) is 11.4 Å². The summed E-state index contributed by atoms with van der Waals surface area (Å²) in [4.78, 5) is 31.5. The third kappa shape index (κ3) is 8.06. The summed E-state index contributed by atoms with van der Waals surface area (Å²) in [6, 6.07) is 19.6. The fourth-order valence-corrected chi connectivity index (χ4v) is 5.69. The summed E-state index contributed by atoms with van der Waals surface area (Å²) in [5.41, 5.74) is 6.30. The van der Waals surface area contributed by atoms with Crippen LogP contribution in [0.4, 0.5) is 24.7 Å². The lowest BCUT2D eigenvalue weighted by molar-refractivity contribution is -0.213. The fourth-order valence-electron chi connectivity index (χ4n) is 5.69. The SMILES string of the molecule is CCOc1cc(C(Nc2ccc3c(N)nccc3c2)(OC(=O)C(F)(F)F)C(=O)NCc2ccccc2-n2nc(CC)cc2CC)ccc1OC(C)C. The molecule has 2 heterocycles. The topological polar surface area (TPSA) is 143 Å². The summed E-state index contributed by atoms with van der Waals surface area (Å²) in [7, 11) is 0. The zero-order valence-electron chi connectivity index (χ0n) is 29.5. The number of carbonyl (C=O) groups is 2. The number of ether oxygens (including phenoxy) is 3. The molecule has 1 unspecified atom stereocenters. The van der Waals surface area contributed by atoms with E-state index in [-0.39, 0.29) is 47.8 Å². The van der Waals surface area contributed by atoms with Crippen molar-refractivity contribution in [2.45, 2.75) is 72.0 Å². The number of nitrogen functional groups attached to an aromatic ring is 1. The second-order valence-electron chi connectivity index (χ2n) is 12.1. The monoisotopic (exact) mass is 718 g/mol. The number of aryl methyl sites for hydroxylation is 2. The molecule has 0 saturated carbocycles.